The van der Waals surface area contributed by atoms with Gasteiger partial charge in [0.25, 0.3) is 0 Å². The van der Waals surface area contributed by atoms with Crippen molar-refractivity contribution in [1.29, 1.82) is 0 Å². The average Bonchev–Trinajstić information content (AvgIpc) is 2.68. The van der Waals surface area contributed by atoms with Crippen molar-refractivity contribution in [3.8, 4) is 5.75 Å². The molecule has 0 fully saturated rings. The predicted molar refractivity (Wildman–Crippen MR) is 129 cm³/mol. The van der Waals surface area contributed by atoms with Gasteiger partial charge < -0.3 is 15.4 Å². The van der Waals surface area contributed by atoms with Crippen LogP contribution in [-0.2, 0) is 23.1 Å². The number of benzene rings is 2. The Morgan fingerprint density at radius 1 is 1.20 bits per heavy atom. The Bertz CT molecular complexity index is 829. The second-order valence-corrected chi connectivity index (χ2v) is 8.04. The van der Waals surface area contributed by atoms with Crippen LogP contribution in [0.2, 0.25) is 5.02 Å². The first-order valence-electron chi connectivity index (χ1n) is 9.12. The lowest BCUT2D eigenvalue weighted by molar-refractivity contribution is -0.0504. The molecule has 0 heterocycles. The Balaban J connectivity index is 0.00000450. The second kappa shape index (κ2) is 14.5. The Labute approximate surface area is 200 Å². The van der Waals surface area contributed by atoms with Crippen LogP contribution >= 0.6 is 35.6 Å². The summed E-state index contributed by atoms with van der Waals surface area (Å²) < 4.78 is 41.9. The summed E-state index contributed by atoms with van der Waals surface area (Å²) in [6, 6.07) is 14.1. The van der Waals surface area contributed by atoms with Gasteiger partial charge in [-0.3, -0.25) is 4.21 Å². The summed E-state index contributed by atoms with van der Waals surface area (Å²) in [6.07, 6.45) is 0. The monoisotopic (exact) mass is 571 g/mol. The quantitative estimate of drug-likeness (QED) is 0.249. The molecular formula is C20H25ClF2IN3O2S. The normalized spacial score (nSPS) is 12.2. The zero-order valence-electron chi connectivity index (χ0n) is 16.4. The number of nitrogens with one attached hydrogen (secondary N) is 2. The minimum Gasteiger partial charge on any atom is -0.434 e. The van der Waals surface area contributed by atoms with Crippen LogP contribution < -0.4 is 15.4 Å². The molecule has 0 amide bonds. The summed E-state index contributed by atoms with van der Waals surface area (Å²) in [7, 11) is -1.01. The van der Waals surface area contributed by atoms with E-state index in [1.54, 1.807) is 6.07 Å². The van der Waals surface area contributed by atoms with Gasteiger partial charge in [-0.1, -0.05) is 41.9 Å². The Morgan fingerprint density at radius 2 is 1.93 bits per heavy atom. The maximum atomic E-state index is 12.6. The molecule has 2 rings (SSSR count). The van der Waals surface area contributed by atoms with Gasteiger partial charge in [0.1, 0.15) is 5.75 Å². The van der Waals surface area contributed by atoms with Gasteiger partial charge in [-0.05, 0) is 30.7 Å². The highest BCUT2D eigenvalue weighted by molar-refractivity contribution is 14.0. The van der Waals surface area contributed by atoms with Crippen LogP contribution in [-0.4, -0.2) is 35.6 Å². The molecule has 1 unspecified atom stereocenters. The van der Waals surface area contributed by atoms with Crippen LogP contribution in [0.4, 0.5) is 8.78 Å². The van der Waals surface area contributed by atoms with Crippen molar-refractivity contribution in [2.75, 3.05) is 18.8 Å². The van der Waals surface area contributed by atoms with Crippen molar-refractivity contribution < 1.29 is 17.7 Å². The molecular weight excluding hydrogens is 547 g/mol. The molecule has 2 aromatic carbocycles. The number of halogens is 4. The van der Waals surface area contributed by atoms with Gasteiger partial charge >= 0.3 is 6.61 Å². The van der Waals surface area contributed by atoms with Crippen molar-refractivity contribution in [2.45, 2.75) is 25.8 Å². The molecule has 0 bridgehead atoms. The first-order chi connectivity index (χ1) is 14.0. The lowest BCUT2D eigenvalue weighted by atomic mass is 10.2. The maximum Gasteiger partial charge on any atom is 0.387 e. The minimum absolute atomic E-state index is 0. The molecule has 0 spiro atoms. The summed E-state index contributed by atoms with van der Waals surface area (Å²) in [5.41, 5.74) is 1.47. The molecule has 0 aliphatic rings. The predicted octanol–water partition coefficient (Wildman–Crippen LogP) is 4.56. The number of aliphatic imine (C=N–C) groups is 1. The van der Waals surface area contributed by atoms with Crippen LogP contribution in [0.1, 0.15) is 18.1 Å². The van der Waals surface area contributed by atoms with Crippen LogP contribution in [0.5, 0.6) is 5.75 Å². The zero-order chi connectivity index (χ0) is 21.1. The standard InChI is InChI=1S/C20H24ClF2N3O2S.HI/c1-2-24-20(25-10-11-29(27)14-15-6-4-3-5-7-15)26-13-16-12-17(21)8-9-18(16)28-19(22)23;/h3-9,12,19H,2,10-11,13-14H2,1H3,(H2,24,25,26);1H. The Morgan fingerprint density at radius 3 is 2.60 bits per heavy atom. The molecule has 1 atom stereocenters. The van der Waals surface area contributed by atoms with E-state index >= 15 is 0 Å². The van der Waals surface area contributed by atoms with E-state index in [9.17, 15) is 13.0 Å². The molecule has 5 nitrogen and oxygen atoms in total. The van der Waals surface area contributed by atoms with E-state index in [0.717, 1.165) is 5.56 Å². The lowest BCUT2D eigenvalue weighted by Crippen LogP contribution is -2.39. The van der Waals surface area contributed by atoms with Crippen LogP contribution in [0.3, 0.4) is 0 Å². The fourth-order valence-corrected chi connectivity index (χ4v) is 3.74. The molecule has 10 heteroatoms. The van der Waals surface area contributed by atoms with Crippen LogP contribution in [0.25, 0.3) is 0 Å². The fourth-order valence-electron chi connectivity index (χ4n) is 2.50. The Kier molecular flexibility index (Phi) is 12.9. The number of rotatable bonds is 10. The summed E-state index contributed by atoms with van der Waals surface area (Å²) in [4.78, 5) is 4.39. The smallest absolute Gasteiger partial charge is 0.387 e. The summed E-state index contributed by atoms with van der Waals surface area (Å²) >= 11 is 5.96. The van der Waals surface area contributed by atoms with Gasteiger partial charge in [0, 0.05) is 46.0 Å². The van der Waals surface area contributed by atoms with Gasteiger partial charge in [0.15, 0.2) is 5.96 Å². The molecule has 0 aromatic heterocycles. The van der Waals surface area contributed by atoms with E-state index in [2.05, 4.69) is 20.4 Å². The number of guanidine groups is 1. The second-order valence-electron chi connectivity index (χ2n) is 6.03. The molecule has 30 heavy (non-hydrogen) atoms. The SMILES string of the molecule is CCNC(=NCc1cc(Cl)ccc1OC(F)F)NCCS(=O)Cc1ccccc1.I. The highest BCUT2D eigenvalue weighted by Gasteiger charge is 2.10. The van der Waals surface area contributed by atoms with Gasteiger partial charge in [0.2, 0.25) is 0 Å². The molecule has 0 aliphatic heterocycles. The third kappa shape index (κ3) is 10.0. The van der Waals surface area contributed by atoms with E-state index in [0.29, 0.717) is 41.1 Å². The summed E-state index contributed by atoms with van der Waals surface area (Å²) in [6.45, 7) is 0.168. The van der Waals surface area contributed by atoms with Gasteiger partial charge in [-0.25, -0.2) is 4.99 Å². The first-order valence-corrected chi connectivity index (χ1v) is 11.0. The molecule has 166 valence electrons. The Hall–Kier alpha value is -1.46. The average molecular weight is 572 g/mol. The summed E-state index contributed by atoms with van der Waals surface area (Å²) in [5, 5.41) is 6.58. The zero-order valence-corrected chi connectivity index (χ0v) is 20.3. The molecule has 0 aliphatic carbocycles. The fraction of sp³-hybridized carbons (Fsp3) is 0.350. The van der Waals surface area contributed by atoms with Crippen molar-refractivity contribution in [3.63, 3.8) is 0 Å². The number of hydrogen-bond acceptors (Lipinski definition) is 3. The molecule has 0 saturated heterocycles. The number of hydrogen-bond donors (Lipinski definition) is 2. The maximum absolute atomic E-state index is 12.6. The van der Waals surface area contributed by atoms with Gasteiger partial charge in [-0.2, -0.15) is 8.78 Å². The molecule has 2 N–H and O–H groups in total. The molecule has 0 radical (unpaired) electrons. The van der Waals surface area contributed by atoms with Gasteiger partial charge in [0.05, 0.1) is 6.54 Å². The topological polar surface area (TPSA) is 62.7 Å². The number of nitrogens with zero attached hydrogens (tertiary/aromatic N) is 1. The van der Waals surface area contributed by atoms with E-state index in [4.69, 9.17) is 11.6 Å². The minimum atomic E-state index is -2.93. The lowest BCUT2D eigenvalue weighted by Gasteiger charge is -2.13. The highest BCUT2D eigenvalue weighted by atomic mass is 127. The number of ether oxygens (including phenoxy) is 1. The van der Waals surface area contributed by atoms with E-state index in [-0.39, 0.29) is 36.3 Å². The van der Waals surface area contributed by atoms with E-state index in [1.807, 2.05) is 37.3 Å². The van der Waals surface area contributed by atoms with Crippen molar-refractivity contribution in [1.82, 2.24) is 10.6 Å². The highest BCUT2D eigenvalue weighted by Crippen LogP contribution is 2.25. The van der Waals surface area contributed by atoms with E-state index < -0.39 is 17.4 Å². The molecule has 0 saturated carbocycles. The van der Waals surface area contributed by atoms with Crippen molar-refractivity contribution >= 4 is 52.3 Å². The van der Waals surface area contributed by atoms with Crippen molar-refractivity contribution in [2.24, 2.45) is 4.99 Å². The van der Waals surface area contributed by atoms with Crippen LogP contribution in [0, 0.1) is 0 Å². The van der Waals surface area contributed by atoms with E-state index in [1.165, 1.54) is 12.1 Å². The van der Waals surface area contributed by atoms with Crippen molar-refractivity contribution in [3.05, 3.63) is 64.7 Å². The van der Waals surface area contributed by atoms with Gasteiger partial charge in [-0.15, -0.1) is 24.0 Å². The summed E-state index contributed by atoms with van der Waals surface area (Å²) in [5.74, 6) is 1.48. The first kappa shape index (κ1) is 26.6. The largest absolute Gasteiger partial charge is 0.434 e. The van der Waals surface area contributed by atoms with Crippen LogP contribution in [0.15, 0.2) is 53.5 Å². The third-order valence-corrected chi connectivity index (χ3v) is 5.33. The molecule has 2 aromatic rings. The third-order valence-electron chi connectivity index (χ3n) is 3.78. The number of alkyl halides is 2.